The van der Waals surface area contributed by atoms with Gasteiger partial charge in [-0.05, 0) is 37.6 Å². The molecule has 0 saturated carbocycles. The third-order valence-corrected chi connectivity index (χ3v) is 2.89. The van der Waals surface area contributed by atoms with Gasteiger partial charge in [-0.2, -0.15) is 0 Å². The molecule has 2 aromatic rings. The maximum Gasteiger partial charge on any atom is 0.354 e. The molecule has 0 unspecified atom stereocenters. The van der Waals surface area contributed by atoms with E-state index in [1.807, 2.05) is 0 Å². The number of phenols is 1. The van der Waals surface area contributed by atoms with Crippen LogP contribution in [0.1, 0.15) is 32.1 Å². The molecule has 0 radical (unpaired) electrons. The number of nitrogens with one attached hydrogen (secondary N) is 2. The van der Waals surface area contributed by atoms with Crippen LogP contribution in [0.25, 0.3) is 0 Å². The van der Waals surface area contributed by atoms with Gasteiger partial charge >= 0.3 is 5.97 Å². The summed E-state index contributed by atoms with van der Waals surface area (Å²) >= 11 is 0. The summed E-state index contributed by atoms with van der Waals surface area (Å²) in [5.74, 6) is -1.62. The number of carbonyl (C=O) groups is 2. The maximum absolute atomic E-state index is 12.0. The van der Waals surface area contributed by atoms with Crippen LogP contribution in [0.3, 0.4) is 0 Å². The Bertz CT molecular complexity index is 688. The molecule has 1 aromatic carbocycles. The molecule has 20 heavy (non-hydrogen) atoms. The second-order valence-corrected chi connectivity index (χ2v) is 4.50. The Morgan fingerprint density at radius 3 is 2.50 bits per heavy atom. The van der Waals surface area contributed by atoms with Crippen molar-refractivity contribution in [2.24, 2.45) is 0 Å². The first-order valence-corrected chi connectivity index (χ1v) is 5.92. The molecular formula is C14H14N2O4. The number of aryl methyl sites for hydroxylation is 2. The molecule has 0 aliphatic carbocycles. The van der Waals surface area contributed by atoms with Crippen molar-refractivity contribution in [3.63, 3.8) is 0 Å². The first kappa shape index (κ1) is 13.7. The number of rotatable bonds is 3. The summed E-state index contributed by atoms with van der Waals surface area (Å²) in [5, 5.41) is 21.1. The predicted molar refractivity (Wildman–Crippen MR) is 73.3 cm³/mol. The summed E-state index contributed by atoms with van der Waals surface area (Å²) in [6.45, 7) is 3.41. The normalized spacial score (nSPS) is 10.3. The van der Waals surface area contributed by atoms with E-state index in [1.165, 1.54) is 12.1 Å². The SMILES string of the molecule is Cc1cc(NC(=O)c2ccc(C)c(O)c2)c(C(=O)O)[nH]1. The molecule has 0 fully saturated rings. The van der Waals surface area contributed by atoms with Crippen molar-refractivity contribution < 1.29 is 19.8 Å². The number of carboxylic acid groups (broad SMARTS) is 1. The Hall–Kier alpha value is -2.76. The first-order valence-electron chi connectivity index (χ1n) is 5.92. The van der Waals surface area contributed by atoms with Crippen LogP contribution in [0, 0.1) is 13.8 Å². The number of benzene rings is 1. The van der Waals surface area contributed by atoms with Gasteiger partial charge in [-0.1, -0.05) is 6.07 Å². The van der Waals surface area contributed by atoms with E-state index >= 15 is 0 Å². The fourth-order valence-corrected chi connectivity index (χ4v) is 1.80. The van der Waals surface area contributed by atoms with Crippen molar-refractivity contribution in [2.45, 2.75) is 13.8 Å². The molecule has 0 saturated heterocycles. The van der Waals surface area contributed by atoms with Crippen molar-refractivity contribution in [1.29, 1.82) is 0 Å². The van der Waals surface area contributed by atoms with E-state index in [0.29, 0.717) is 11.3 Å². The Kier molecular flexibility index (Phi) is 3.47. The molecule has 4 N–H and O–H groups in total. The van der Waals surface area contributed by atoms with E-state index in [4.69, 9.17) is 5.11 Å². The van der Waals surface area contributed by atoms with Gasteiger partial charge in [-0.15, -0.1) is 0 Å². The molecule has 1 amide bonds. The summed E-state index contributed by atoms with van der Waals surface area (Å²) in [6.07, 6.45) is 0. The molecule has 6 heteroatoms. The molecule has 0 aliphatic heterocycles. The lowest BCUT2D eigenvalue weighted by molar-refractivity contribution is 0.0692. The minimum atomic E-state index is -1.15. The van der Waals surface area contributed by atoms with E-state index in [9.17, 15) is 14.7 Å². The predicted octanol–water partition coefficient (Wildman–Crippen LogP) is 2.29. The van der Waals surface area contributed by atoms with E-state index in [0.717, 1.165) is 0 Å². The van der Waals surface area contributed by atoms with E-state index in [2.05, 4.69) is 10.3 Å². The fraction of sp³-hybridized carbons (Fsp3) is 0.143. The van der Waals surface area contributed by atoms with E-state index in [-0.39, 0.29) is 22.7 Å². The first-order chi connectivity index (χ1) is 9.38. The van der Waals surface area contributed by atoms with Crippen molar-refractivity contribution in [1.82, 2.24) is 4.98 Å². The highest BCUT2D eigenvalue weighted by atomic mass is 16.4. The largest absolute Gasteiger partial charge is 0.508 e. The summed E-state index contributed by atoms with van der Waals surface area (Å²) < 4.78 is 0. The second-order valence-electron chi connectivity index (χ2n) is 4.50. The minimum Gasteiger partial charge on any atom is -0.508 e. The fourth-order valence-electron chi connectivity index (χ4n) is 1.80. The van der Waals surface area contributed by atoms with Crippen LogP contribution in [-0.2, 0) is 0 Å². The van der Waals surface area contributed by atoms with Gasteiger partial charge in [0.2, 0.25) is 0 Å². The number of carboxylic acids is 1. The number of carbonyl (C=O) groups excluding carboxylic acids is 1. The third kappa shape index (κ3) is 2.64. The van der Waals surface area contributed by atoms with Gasteiger partial charge in [-0.25, -0.2) is 4.79 Å². The van der Waals surface area contributed by atoms with Crippen LogP contribution in [-0.4, -0.2) is 27.1 Å². The summed E-state index contributed by atoms with van der Waals surface area (Å²) in [7, 11) is 0. The molecular weight excluding hydrogens is 260 g/mol. The number of hydrogen-bond acceptors (Lipinski definition) is 3. The van der Waals surface area contributed by atoms with Crippen molar-refractivity contribution >= 4 is 17.6 Å². The van der Waals surface area contributed by atoms with Gasteiger partial charge in [0.15, 0.2) is 0 Å². The Labute approximate surface area is 115 Å². The van der Waals surface area contributed by atoms with Gasteiger partial charge in [0.1, 0.15) is 11.4 Å². The average molecular weight is 274 g/mol. The number of hydrogen-bond donors (Lipinski definition) is 4. The summed E-state index contributed by atoms with van der Waals surface area (Å²) in [4.78, 5) is 25.7. The van der Waals surface area contributed by atoms with Gasteiger partial charge < -0.3 is 20.5 Å². The van der Waals surface area contributed by atoms with E-state index in [1.54, 1.807) is 26.0 Å². The van der Waals surface area contributed by atoms with Crippen LogP contribution in [0.15, 0.2) is 24.3 Å². The Morgan fingerprint density at radius 2 is 1.90 bits per heavy atom. The Balaban J connectivity index is 2.27. The van der Waals surface area contributed by atoms with E-state index < -0.39 is 11.9 Å². The zero-order valence-corrected chi connectivity index (χ0v) is 11.0. The highest BCUT2D eigenvalue weighted by Crippen LogP contribution is 2.21. The quantitative estimate of drug-likeness (QED) is 0.689. The lowest BCUT2D eigenvalue weighted by atomic mass is 10.1. The zero-order valence-electron chi connectivity index (χ0n) is 11.0. The Morgan fingerprint density at radius 1 is 1.20 bits per heavy atom. The lowest BCUT2D eigenvalue weighted by Crippen LogP contribution is -2.14. The molecule has 104 valence electrons. The minimum absolute atomic E-state index is 0.0151. The molecule has 6 nitrogen and oxygen atoms in total. The van der Waals surface area contributed by atoms with Gasteiger partial charge in [0.25, 0.3) is 5.91 Å². The zero-order chi connectivity index (χ0) is 14.9. The molecule has 2 rings (SSSR count). The standard InChI is InChI=1S/C14H14N2O4/c1-7-3-4-9(6-11(7)17)13(18)16-10-5-8(2)15-12(10)14(19)20/h3-6,15,17H,1-2H3,(H,16,18)(H,19,20). The maximum atomic E-state index is 12.0. The molecule has 1 aromatic heterocycles. The monoisotopic (exact) mass is 274 g/mol. The highest BCUT2D eigenvalue weighted by Gasteiger charge is 2.16. The van der Waals surface area contributed by atoms with Crippen LogP contribution in [0.5, 0.6) is 5.75 Å². The van der Waals surface area contributed by atoms with Gasteiger partial charge in [-0.3, -0.25) is 4.79 Å². The van der Waals surface area contributed by atoms with Crippen LogP contribution < -0.4 is 5.32 Å². The van der Waals surface area contributed by atoms with Crippen molar-refractivity contribution in [3.8, 4) is 5.75 Å². The van der Waals surface area contributed by atoms with Gasteiger partial charge in [0.05, 0.1) is 5.69 Å². The highest BCUT2D eigenvalue weighted by molar-refractivity contribution is 6.07. The average Bonchev–Trinajstić information content (AvgIpc) is 2.73. The molecule has 0 bridgehead atoms. The van der Waals surface area contributed by atoms with Crippen LogP contribution in [0.2, 0.25) is 0 Å². The molecule has 0 aliphatic rings. The van der Waals surface area contributed by atoms with Gasteiger partial charge in [0, 0.05) is 11.3 Å². The molecule has 1 heterocycles. The lowest BCUT2D eigenvalue weighted by Gasteiger charge is -2.06. The number of phenolic OH excluding ortho intramolecular Hbond substituents is 1. The van der Waals surface area contributed by atoms with Crippen molar-refractivity contribution in [2.75, 3.05) is 5.32 Å². The number of amides is 1. The smallest absolute Gasteiger partial charge is 0.354 e. The van der Waals surface area contributed by atoms with Crippen LogP contribution in [0.4, 0.5) is 5.69 Å². The topological polar surface area (TPSA) is 102 Å². The third-order valence-electron chi connectivity index (χ3n) is 2.89. The van der Waals surface area contributed by atoms with Crippen LogP contribution >= 0.6 is 0 Å². The molecule has 0 spiro atoms. The summed E-state index contributed by atoms with van der Waals surface area (Å²) in [6, 6.07) is 6.05. The number of aromatic hydroxyl groups is 1. The number of H-pyrrole nitrogens is 1. The second kappa shape index (κ2) is 5.08. The summed E-state index contributed by atoms with van der Waals surface area (Å²) in [5.41, 5.74) is 1.66. The molecule has 0 atom stereocenters. The number of aromatic nitrogens is 1. The van der Waals surface area contributed by atoms with Crippen molar-refractivity contribution in [3.05, 3.63) is 46.8 Å². The number of anilines is 1. The number of aromatic carboxylic acids is 1. The number of aromatic amines is 1.